The molecule has 0 saturated carbocycles. The lowest BCUT2D eigenvalue weighted by molar-refractivity contribution is -0.133. The zero-order valence-corrected chi connectivity index (χ0v) is 13.2. The summed E-state index contributed by atoms with van der Waals surface area (Å²) in [6, 6.07) is 0. The standard InChI is InChI=1S/C16H25N3O3/c1-22-15-10-11(8-9-17)6-7-14(15)19-18-13-5-3-2-4-12(13)16(20)21/h11H,2-10,17H2,1H3,(H,20,21). The molecule has 0 spiro atoms. The van der Waals surface area contributed by atoms with Crippen molar-refractivity contribution in [1.82, 2.24) is 0 Å². The fourth-order valence-corrected chi connectivity index (χ4v) is 3.10. The van der Waals surface area contributed by atoms with Gasteiger partial charge in [0.15, 0.2) is 0 Å². The summed E-state index contributed by atoms with van der Waals surface area (Å²) in [6.45, 7) is 0.688. The average Bonchev–Trinajstić information content (AvgIpc) is 2.54. The number of ether oxygens (including phenoxy) is 1. The van der Waals surface area contributed by atoms with E-state index in [1.165, 1.54) is 0 Å². The number of carboxylic acids is 1. The van der Waals surface area contributed by atoms with Gasteiger partial charge in [-0.15, -0.1) is 0 Å². The minimum atomic E-state index is -0.874. The van der Waals surface area contributed by atoms with E-state index >= 15 is 0 Å². The first-order valence-electron chi connectivity index (χ1n) is 7.98. The highest BCUT2D eigenvalue weighted by molar-refractivity contribution is 5.87. The minimum absolute atomic E-state index is 0.409. The number of nitrogens with zero attached hydrogens (tertiary/aromatic N) is 2. The Balaban J connectivity index is 2.15. The fourth-order valence-electron chi connectivity index (χ4n) is 3.10. The zero-order chi connectivity index (χ0) is 15.9. The summed E-state index contributed by atoms with van der Waals surface area (Å²) >= 11 is 0. The van der Waals surface area contributed by atoms with E-state index in [0.29, 0.717) is 36.6 Å². The van der Waals surface area contributed by atoms with Gasteiger partial charge in [-0.05, 0) is 57.4 Å². The monoisotopic (exact) mass is 307 g/mol. The third-order valence-electron chi connectivity index (χ3n) is 4.39. The Morgan fingerprint density at radius 1 is 1.27 bits per heavy atom. The average molecular weight is 307 g/mol. The Labute approximate surface area is 131 Å². The Morgan fingerprint density at radius 3 is 2.68 bits per heavy atom. The Bertz CT molecular complexity index is 509. The van der Waals surface area contributed by atoms with Crippen molar-refractivity contribution in [2.45, 2.75) is 51.4 Å². The quantitative estimate of drug-likeness (QED) is 0.735. The van der Waals surface area contributed by atoms with Crippen molar-refractivity contribution in [1.29, 1.82) is 0 Å². The van der Waals surface area contributed by atoms with Gasteiger partial charge in [0.2, 0.25) is 0 Å². The van der Waals surface area contributed by atoms with Gasteiger partial charge in [0, 0.05) is 6.42 Å². The maximum absolute atomic E-state index is 11.2. The highest BCUT2D eigenvalue weighted by Gasteiger charge is 2.22. The largest absolute Gasteiger partial charge is 0.499 e. The molecule has 2 aliphatic carbocycles. The number of azo groups is 1. The topological polar surface area (TPSA) is 97.3 Å². The van der Waals surface area contributed by atoms with Gasteiger partial charge >= 0.3 is 5.97 Å². The smallest absolute Gasteiger partial charge is 0.333 e. The summed E-state index contributed by atoms with van der Waals surface area (Å²) in [7, 11) is 1.65. The molecule has 0 saturated heterocycles. The van der Waals surface area contributed by atoms with Crippen molar-refractivity contribution in [2.24, 2.45) is 21.9 Å². The van der Waals surface area contributed by atoms with Gasteiger partial charge < -0.3 is 15.6 Å². The van der Waals surface area contributed by atoms with Crippen LogP contribution < -0.4 is 5.73 Å². The maximum Gasteiger partial charge on any atom is 0.333 e. The summed E-state index contributed by atoms with van der Waals surface area (Å²) in [4.78, 5) is 11.2. The Hall–Kier alpha value is -1.69. The summed E-state index contributed by atoms with van der Waals surface area (Å²) < 4.78 is 5.45. The van der Waals surface area contributed by atoms with Crippen LogP contribution in [0.4, 0.5) is 0 Å². The molecule has 0 aromatic carbocycles. The lowest BCUT2D eigenvalue weighted by Crippen LogP contribution is -2.15. The number of carbonyl (C=O) groups is 1. The summed E-state index contributed by atoms with van der Waals surface area (Å²) in [5.74, 6) is 0.533. The molecule has 0 aromatic rings. The molecule has 22 heavy (non-hydrogen) atoms. The summed E-state index contributed by atoms with van der Waals surface area (Å²) in [5.41, 5.74) is 7.49. The van der Waals surface area contributed by atoms with Crippen LogP contribution in [-0.2, 0) is 9.53 Å². The van der Waals surface area contributed by atoms with Gasteiger partial charge in [0.1, 0.15) is 11.5 Å². The minimum Gasteiger partial charge on any atom is -0.499 e. The first-order chi connectivity index (χ1) is 10.7. The Kier molecular flexibility index (Phi) is 6.12. The molecule has 6 nitrogen and oxygen atoms in total. The van der Waals surface area contributed by atoms with Crippen LogP contribution in [0.25, 0.3) is 0 Å². The molecule has 0 amide bonds. The van der Waals surface area contributed by atoms with Gasteiger partial charge in [0.25, 0.3) is 0 Å². The third-order valence-corrected chi connectivity index (χ3v) is 4.39. The molecule has 0 aromatic heterocycles. The molecule has 2 aliphatic rings. The van der Waals surface area contributed by atoms with E-state index in [9.17, 15) is 9.90 Å². The molecule has 1 unspecified atom stereocenters. The van der Waals surface area contributed by atoms with Crippen molar-refractivity contribution in [3.8, 4) is 0 Å². The second kappa shape index (κ2) is 8.08. The van der Waals surface area contributed by atoms with Crippen molar-refractivity contribution in [3.05, 3.63) is 22.7 Å². The van der Waals surface area contributed by atoms with E-state index in [4.69, 9.17) is 10.5 Å². The zero-order valence-electron chi connectivity index (χ0n) is 13.2. The Morgan fingerprint density at radius 2 is 2.00 bits per heavy atom. The van der Waals surface area contributed by atoms with Crippen LogP contribution >= 0.6 is 0 Å². The number of nitrogens with two attached hydrogens (primary N) is 1. The van der Waals surface area contributed by atoms with Gasteiger partial charge in [0.05, 0.1) is 18.4 Å². The molecule has 6 heteroatoms. The molecular weight excluding hydrogens is 282 g/mol. The molecule has 0 aliphatic heterocycles. The van der Waals surface area contributed by atoms with Crippen molar-refractivity contribution >= 4 is 5.97 Å². The van der Waals surface area contributed by atoms with Crippen LogP contribution in [0.5, 0.6) is 0 Å². The first-order valence-corrected chi connectivity index (χ1v) is 7.98. The van der Waals surface area contributed by atoms with E-state index in [-0.39, 0.29) is 0 Å². The molecule has 0 heterocycles. The van der Waals surface area contributed by atoms with Gasteiger partial charge in [-0.2, -0.15) is 10.2 Å². The van der Waals surface area contributed by atoms with E-state index in [2.05, 4.69) is 10.2 Å². The van der Waals surface area contributed by atoms with Crippen LogP contribution in [-0.4, -0.2) is 24.7 Å². The SMILES string of the molecule is COC1=C(N=NC2=C(C(=O)O)CCCC2)CCC(CCN)C1. The van der Waals surface area contributed by atoms with Gasteiger partial charge in [-0.25, -0.2) is 4.79 Å². The molecule has 0 bridgehead atoms. The van der Waals surface area contributed by atoms with Crippen molar-refractivity contribution < 1.29 is 14.6 Å². The van der Waals surface area contributed by atoms with Crippen LogP contribution in [0, 0.1) is 5.92 Å². The molecule has 3 N–H and O–H groups in total. The fraction of sp³-hybridized carbons (Fsp3) is 0.688. The lowest BCUT2D eigenvalue weighted by Gasteiger charge is -2.23. The van der Waals surface area contributed by atoms with E-state index in [0.717, 1.165) is 50.0 Å². The predicted molar refractivity (Wildman–Crippen MR) is 83.0 cm³/mol. The van der Waals surface area contributed by atoms with Crippen LogP contribution in [0.2, 0.25) is 0 Å². The number of aliphatic carboxylic acids is 1. The molecule has 0 radical (unpaired) electrons. The van der Waals surface area contributed by atoms with E-state index < -0.39 is 5.97 Å². The second-order valence-electron chi connectivity index (χ2n) is 5.90. The third kappa shape index (κ3) is 4.16. The number of carboxylic acid groups (broad SMARTS) is 1. The van der Waals surface area contributed by atoms with Gasteiger partial charge in [-0.1, -0.05) is 0 Å². The second-order valence-corrected chi connectivity index (χ2v) is 5.90. The molecular formula is C16H25N3O3. The van der Waals surface area contributed by atoms with E-state index in [1.54, 1.807) is 7.11 Å². The highest BCUT2D eigenvalue weighted by Crippen LogP contribution is 2.33. The van der Waals surface area contributed by atoms with Crippen LogP contribution in [0.15, 0.2) is 33.0 Å². The van der Waals surface area contributed by atoms with Crippen LogP contribution in [0.1, 0.15) is 51.4 Å². The molecule has 1 atom stereocenters. The normalized spacial score (nSPS) is 23.3. The number of hydrogen-bond donors (Lipinski definition) is 2. The number of methoxy groups -OCH3 is 1. The van der Waals surface area contributed by atoms with Crippen molar-refractivity contribution in [2.75, 3.05) is 13.7 Å². The first kappa shape index (κ1) is 16.7. The number of allylic oxidation sites excluding steroid dienone is 3. The maximum atomic E-state index is 11.2. The van der Waals surface area contributed by atoms with E-state index in [1.807, 2.05) is 0 Å². The van der Waals surface area contributed by atoms with Gasteiger partial charge in [-0.3, -0.25) is 0 Å². The highest BCUT2D eigenvalue weighted by atomic mass is 16.5. The molecule has 2 rings (SSSR count). The molecule has 122 valence electrons. The molecule has 0 fully saturated rings. The summed E-state index contributed by atoms with van der Waals surface area (Å²) in [5, 5.41) is 17.8. The number of hydrogen-bond acceptors (Lipinski definition) is 5. The number of rotatable bonds is 6. The lowest BCUT2D eigenvalue weighted by atomic mass is 9.89. The summed E-state index contributed by atoms with van der Waals surface area (Å²) in [6.07, 6.45) is 6.83. The predicted octanol–water partition coefficient (Wildman–Crippen LogP) is 3.36. The van der Waals surface area contributed by atoms with Crippen molar-refractivity contribution in [3.63, 3.8) is 0 Å². The van der Waals surface area contributed by atoms with Crippen LogP contribution in [0.3, 0.4) is 0 Å².